The summed E-state index contributed by atoms with van der Waals surface area (Å²) in [6.07, 6.45) is 5.21. The second-order valence-electron chi connectivity index (χ2n) is 7.53. The third kappa shape index (κ3) is 5.18. The third-order valence-corrected chi connectivity index (χ3v) is 5.18. The molecule has 0 aliphatic heterocycles. The summed E-state index contributed by atoms with van der Waals surface area (Å²) in [6.45, 7) is 3.06. The van der Waals surface area contributed by atoms with E-state index >= 15 is 0 Å². The first-order valence-corrected chi connectivity index (χ1v) is 10.4. The molecule has 0 saturated carbocycles. The van der Waals surface area contributed by atoms with Crippen LogP contribution in [0.5, 0.6) is 5.75 Å². The molecule has 0 aliphatic carbocycles. The molecule has 4 rings (SSSR count). The highest BCUT2D eigenvalue weighted by molar-refractivity contribution is 5.80. The number of carbonyl (C=O) groups excluding carboxylic acids is 1. The smallest absolute Gasteiger partial charge is 0.261 e. The minimum Gasteiger partial charge on any atom is -0.489 e. The van der Waals surface area contributed by atoms with Crippen LogP contribution in [0.2, 0.25) is 0 Å². The van der Waals surface area contributed by atoms with Crippen LogP contribution in [0, 0.1) is 6.92 Å². The number of aromatic nitrogens is 3. The molecular weight excluding hydrogens is 404 g/mol. The van der Waals surface area contributed by atoms with Crippen molar-refractivity contribution in [3.8, 4) is 5.75 Å². The maximum atomic E-state index is 12.6. The summed E-state index contributed by atoms with van der Waals surface area (Å²) in [4.78, 5) is 33.3. The van der Waals surface area contributed by atoms with E-state index in [1.807, 2.05) is 55.5 Å². The number of hydrogen-bond donors (Lipinski definition) is 1. The number of para-hydroxylation sites is 1. The number of ether oxygens (including phenoxy) is 1. The van der Waals surface area contributed by atoms with Crippen molar-refractivity contribution in [1.29, 1.82) is 0 Å². The van der Waals surface area contributed by atoms with Gasteiger partial charge in [-0.05, 0) is 42.3 Å². The Morgan fingerprint density at radius 2 is 1.91 bits per heavy atom. The Morgan fingerprint density at radius 3 is 2.69 bits per heavy atom. The standard InChI is InChI=1S/C25H24N4O3/c1-18-4-2-6-22-24(18)28-17-29(25(22)31)13-11-23(30)27-15-19-7-9-21(10-8-19)32-16-20-5-3-12-26-14-20/h2-10,12,14,17H,11,13,15-16H2,1H3,(H,27,30). The van der Waals surface area contributed by atoms with Gasteiger partial charge in [0.2, 0.25) is 5.91 Å². The van der Waals surface area contributed by atoms with Gasteiger partial charge in [0.05, 0.1) is 17.2 Å². The Kier molecular flexibility index (Phi) is 6.55. The van der Waals surface area contributed by atoms with Crippen LogP contribution in [0.25, 0.3) is 10.9 Å². The fourth-order valence-electron chi connectivity index (χ4n) is 3.36. The van der Waals surface area contributed by atoms with Gasteiger partial charge in [-0.25, -0.2) is 4.98 Å². The van der Waals surface area contributed by atoms with Crippen LogP contribution < -0.4 is 15.6 Å². The van der Waals surface area contributed by atoms with Gasteiger partial charge >= 0.3 is 0 Å². The van der Waals surface area contributed by atoms with Crippen LogP contribution in [0.1, 0.15) is 23.1 Å². The van der Waals surface area contributed by atoms with Crippen molar-refractivity contribution in [2.75, 3.05) is 0 Å². The van der Waals surface area contributed by atoms with Crippen LogP contribution in [-0.4, -0.2) is 20.4 Å². The molecule has 1 N–H and O–H groups in total. The average molecular weight is 428 g/mol. The molecule has 2 aromatic carbocycles. The van der Waals surface area contributed by atoms with E-state index in [2.05, 4.69) is 15.3 Å². The number of hydrogen-bond acceptors (Lipinski definition) is 5. The molecule has 2 aromatic heterocycles. The van der Waals surface area contributed by atoms with Gasteiger partial charge in [-0.2, -0.15) is 0 Å². The van der Waals surface area contributed by atoms with Gasteiger partial charge in [0.25, 0.3) is 5.56 Å². The molecule has 2 heterocycles. The quantitative estimate of drug-likeness (QED) is 0.465. The second kappa shape index (κ2) is 9.87. The molecular formula is C25H24N4O3. The summed E-state index contributed by atoms with van der Waals surface area (Å²) >= 11 is 0. The first-order chi connectivity index (χ1) is 15.6. The van der Waals surface area contributed by atoms with E-state index in [1.54, 1.807) is 18.5 Å². The number of fused-ring (bicyclic) bond motifs is 1. The van der Waals surface area contributed by atoms with Crippen LogP contribution in [0.3, 0.4) is 0 Å². The fraction of sp³-hybridized carbons (Fsp3) is 0.200. The van der Waals surface area contributed by atoms with Crippen molar-refractivity contribution in [1.82, 2.24) is 19.9 Å². The van der Waals surface area contributed by atoms with E-state index in [0.717, 1.165) is 22.4 Å². The van der Waals surface area contributed by atoms with Gasteiger partial charge in [-0.3, -0.25) is 19.1 Å². The number of nitrogens with one attached hydrogen (secondary N) is 1. The number of rotatable bonds is 8. The Hall–Kier alpha value is -4.00. The molecule has 0 saturated heterocycles. The highest BCUT2D eigenvalue weighted by Gasteiger charge is 2.08. The lowest BCUT2D eigenvalue weighted by atomic mass is 10.1. The topological polar surface area (TPSA) is 86.1 Å². The minimum absolute atomic E-state index is 0.127. The molecule has 32 heavy (non-hydrogen) atoms. The summed E-state index contributed by atoms with van der Waals surface area (Å²) in [5.41, 5.74) is 3.49. The van der Waals surface area contributed by atoms with E-state index in [4.69, 9.17) is 4.74 Å². The van der Waals surface area contributed by atoms with Crippen molar-refractivity contribution >= 4 is 16.8 Å². The largest absolute Gasteiger partial charge is 0.489 e. The lowest BCUT2D eigenvalue weighted by Crippen LogP contribution is -2.27. The molecule has 0 spiro atoms. The Morgan fingerprint density at radius 1 is 1.06 bits per heavy atom. The Balaban J connectivity index is 1.26. The first-order valence-electron chi connectivity index (χ1n) is 10.4. The van der Waals surface area contributed by atoms with Gasteiger partial charge in [0, 0.05) is 37.5 Å². The van der Waals surface area contributed by atoms with E-state index in [9.17, 15) is 9.59 Å². The van der Waals surface area contributed by atoms with E-state index in [1.165, 1.54) is 10.9 Å². The fourth-order valence-corrected chi connectivity index (χ4v) is 3.36. The normalized spacial score (nSPS) is 10.8. The molecule has 0 atom stereocenters. The van der Waals surface area contributed by atoms with Crippen LogP contribution >= 0.6 is 0 Å². The third-order valence-electron chi connectivity index (χ3n) is 5.18. The van der Waals surface area contributed by atoms with Crippen molar-refractivity contribution < 1.29 is 9.53 Å². The maximum Gasteiger partial charge on any atom is 0.261 e. The zero-order valence-corrected chi connectivity index (χ0v) is 17.8. The molecule has 0 radical (unpaired) electrons. The monoisotopic (exact) mass is 428 g/mol. The lowest BCUT2D eigenvalue weighted by Gasteiger charge is -2.09. The molecule has 7 heteroatoms. The predicted octanol–water partition coefficient (Wildman–Crippen LogP) is 3.39. The summed E-state index contributed by atoms with van der Waals surface area (Å²) in [7, 11) is 0. The van der Waals surface area contributed by atoms with E-state index in [0.29, 0.717) is 24.1 Å². The number of benzene rings is 2. The number of aryl methyl sites for hydroxylation is 2. The molecule has 7 nitrogen and oxygen atoms in total. The molecule has 0 bridgehead atoms. The SMILES string of the molecule is Cc1cccc2c(=O)n(CCC(=O)NCc3ccc(OCc4cccnc4)cc3)cnc12. The summed E-state index contributed by atoms with van der Waals surface area (Å²) in [5, 5.41) is 3.46. The first kappa shape index (κ1) is 21.2. The highest BCUT2D eigenvalue weighted by atomic mass is 16.5. The van der Waals surface area contributed by atoms with Crippen molar-refractivity contribution in [3.05, 3.63) is 100 Å². The number of nitrogens with zero attached hydrogens (tertiary/aromatic N) is 3. The summed E-state index contributed by atoms with van der Waals surface area (Å²) in [6, 6.07) is 16.9. The van der Waals surface area contributed by atoms with E-state index < -0.39 is 0 Å². The molecule has 0 fully saturated rings. The lowest BCUT2D eigenvalue weighted by molar-refractivity contribution is -0.121. The van der Waals surface area contributed by atoms with Gasteiger partial charge in [0.15, 0.2) is 0 Å². The van der Waals surface area contributed by atoms with Crippen LogP contribution in [-0.2, 0) is 24.5 Å². The van der Waals surface area contributed by atoms with Gasteiger partial charge in [-0.15, -0.1) is 0 Å². The predicted molar refractivity (Wildman–Crippen MR) is 122 cm³/mol. The van der Waals surface area contributed by atoms with Crippen molar-refractivity contribution in [2.24, 2.45) is 0 Å². The average Bonchev–Trinajstić information content (AvgIpc) is 2.83. The zero-order chi connectivity index (χ0) is 22.3. The number of carbonyl (C=O) groups is 1. The van der Waals surface area contributed by atoms with E-state index in [-0.39, 0.29) is 24.4 Å². The highest BCUT2D eigenvalue weighted by Crippen LogP contribution is 2.14. The van der Waals surface area contributed by atoms with Crippen molar-refractivity contribution in [2.45, 2.75) is 33.0 Å². The minimum atomic E-state index is -0.131. The van der Waals surface area contributed by atoms with Gasteiger partial charge in [-0.1, -0.05) is 30.3 Å². The van der Waals surface area contributed by atoms with Gasteiger partial charge in [0.1, 0.15) is 12.4 Å². The van der Waals surface area contributed by atoms with Crippen LogP contribution in [0.15, 0.2) is 78.1 Å². The summed E-state index contributed by atoms with van der Waals surface area (Å²) in [5.74, 6) is 0.625. The molecule has 0 unspecified atom stereocenters. The molecule has 1 amide bonds. The Bertz CT molecular complexity index is 1270. The van der Waals surface area contributed by atoms with Crippen LogP contribution in [0.4, 0.5) is 0 Å². The maximum absolute atomic E-state index is 12.6. The Labute approximate surface area is 185 Å². The van der Waals surface area contributed by atoms with Gasteiger partial charge < -0.3 is 10.1 Å². The zero-order valence-electron chi connectivity index (χ0n) is 17.8. The van der Waals surface area contributed by atoms with Crippen molar-refractivity contribution in [3.63, 3.8) is 0 Å². The number of pyridine rings is 1. The molecule has 4 aromatic rings. The second-order valence-corrected chi connectivity index (χ2v) is 7.53. The molecule has 162 valence electrons. The molecule has 0 aliphatic rings. The summed E-state index contributed by atoms with van der Waals surface area (Å²) < 4.78 is 7.23. The number of amides is 1.